The minimum absolute atomic E-state index is 0.137. The van der Waals surface area contributed by atoms with Crippen LogP contribution in [0.4, 0.5) is 0 Å². The van der Waals surface area contributed by atoms with Gasteiger partial charge in [-0.3, -0.25) is 9.59 Å². The van der Waals surface area contributed by atoms with Gasteiger partial charge in [-0.05, 0) is 30.5 Å². The Hall–Kier alpha value is -1.40. The average Bonchev–Trinajstić information content (AvgIpc) is 2.48. The summed E-state index contributed by atoms with van der Waals surface area (Å²) in [6, 6.07) is 7.81. The Bertz CT molecular complexity index is 507. The third kappa shape index (κ3) is 6.15. The highest BCUT2D eigenvalue weighted by molar-refractivity contribution is 9.10. The highest BCUT2D eigenvalue weighted by atomic mass is 79.9. The minimum atomic E-state index is -1.01. The lowest BCUT2D eigenvalue weighted by atomic mass is 9.95. The number of ether oxygens (including phenoxy) is 1. The molecule has 0 aliphatic carbocycles. The highest BCUT2D eigenvalue weighted by Gasteiger charge is 2.24. The molecule has 0 radical (unpaired) electrons. The Morgan fingerprint density at radius 2 is 2.14 bits per heavy atom. The maximum absolute atomic E-state index is 12.6. The van der Waals surface area contributed by atoms with Crippen molar-refractivity contribution in [1.29, 1.82) is 0 Å². The van der Waals surface area contributed by atoms with E-state index in [0.29, 0.717) is 19.4 Å². The SMILES string of the molecule is CCC(Cc1cccc(Br)c1)C(=O)N(CCOC)CC(=O)O. The molecule has 1 amide bonds. The van der Waals surface area contributed by atoms with E-state index >= 15 is 0 Å². The molecule has 22 heavy (non-hydrogen) atoms. The Kier molecular flexibility index (Phi) is 8.12. The summed E-state index contributed by atoms with van der Waals surface area (Å²) in [7, 11) is 1.53. The molecule has 0 aliphatic heterocycles. The molecule has 0 aliphatic rings. The molecule has 1 aromatic rings. The number of benzene rings is 1. The van der Waals surface area contributed by atoms with Crippen LogP contribution >= 0.6 is 15.9 Å². The largest absolute Gasteiger partial charge is 0.480 e. The summed E-state index contributed by atoms with van der Waals surface area (Å²) in [5, 5.41) is 8.97. The first-order chi connectivity index (χ1) is 10.5. The van der Waals surface area contributed by atoms with Crippen molar-refractivity contribution in [3.8, 4) is 0 Å². The molecular weight excluding hydrogens is 350 g/mol. The second kappa shape index (κ2) is 9.58. The maximum atomic E-state index is 12.6. The van der Waals surface area contributed by atoms with E-state index in [9.17, 15) is 9.59 Å². The third-order valence-corrected chi connectivity index (χ3v) is 3.91. The summed E-state index contributed by atoms with van der Waals surface area (Å²) in [4.78, 5) is 24.9. The molecule has 1 aromatic carbocycles. The molecule has 1 atom stereocenters. The molecule has 0 aromatic heterocycles. The van der Waals surface area contributed by atoms with Crippen molar-refractivity contribution in [1.82, 2.24) is 4.90 Å². The molecular formula is C16H22BrNO4. The number of methoxy groups -OCH3 is 1. The number of carbonyl (C=O) groups is 2. The quantitative estimate of drug-likeness (QED) is 0.724. The van der Waals surface area contributed by atoms with E-state index in [1.54, 1.807) is 0 Å². The molecule has 0 fully saturated rings. The van der Waals surface area contributed by atoms with E-state index < -0.39 is 5.97 Å². The maximum Gasteiger partial charge on any atom is 0.323 e. The minimum Gasteiger partial charge on any atom is -0.480 e. The van der Waals surface area contributed by atoms with Crippen LogP contribution in [0, 0.1) is 5.92 Å². The van der Waals surface area contributed by atoms with Gasteiger partial charge >= 0.3 is 5.97 Å². The van der Waals surface area contributed by atoms with Crippen molar-refractivity contribution in [3.05, 3.63) is 34.3 Å². The van der Waals surface area contributed by atoms with Crippen molar-refractivity contribution in [3.63, 3.8) is 0 Å². The summed E-state index contributed by atoms with van der Waals surface area (Å²) in [6.07, 6.45) is 1.26. The van der Waals surface area contributed by atoms with Crippen LogP contribution < -0.4 is 0 Å². The molecule has 0 bridgehead atoms. The van der Waals surface area contributed by atoms with Gasteiger partial charge in [-0.1, -0.05) is 35.0 Å². The van der Waals surface area contributed by atoms with Crippen LogP contribution in [0.5, 0.6) is 0 Å². The summed E-state index contributed by atoms with van der Waals surface area (Å²) < 4.78 is 5.93. The molecule has 5 nitrogen and oxygen atoms in total. The Labute approximate surface area is 139 Å². The lowest BCUT2D eigenvalue weighted by Gasteiger charge is -2.25. The first kappa shape index (κ1) is 18.6. The number of aliphatic carboxylic acids is 1. The predicted octanol–water partition coefficient (Wildman–Crippen LogP) is 2.58. The number of halogens is 1. The van der Waals surface area contributed by atoms with Gasteiger partial charge in [0, 0.05) is 24.0 Å². The molecule has 122 valence electrons. The van der Waals surface area contributed by atoms with E-state index in [1.165, 1.54) is 12.0 Å². The van der Waals surface area contributed by atoms with Crippen LogP contribution in [-0.2, 0) is 20.7 Å². The molecule has 0 saturated carbocycles. The van der Waals surface area contributed by atoms with Crippen LogP contribution in [0.2, 0.25) is 0 Å². The van der Waals surface area contributed by atoms with E-state index in [-0.39, 0.29) is 24.9 Å². The number of hydrogen-bond donors (Lipinski definition) is 1. The van der Waals surface area contributed by atoms with Gasteiger partial charge in [0.1, 0.15) is 6.54 Å². The van der Waals surface area contributed by atoms with Crippen molar-refractivity contribution >= 4 is 27.8 Å². The van der Waals surface area contributed by atoms with E-state index in [0.717, 1.165) is 10.0 Å². The molecule has 1 N–H and O–H groups in total. The fraction of sp³-hybridized carbons (Fsp3) is 0.500. The first-order valence-electron chi connectivity index (χ1n) is 7.21. The van der Waals surface area contributed by atoms with Gasteiger partial charge in [0.2, 0.25) is 5.91 Å². The van der Waals surface area contributed by atoms with Crippen molar-refractivity contribution in [2.45, 2.75) is 19.8 Å². The Morgan fingerprint density at radius 3 is 2.68 bits per heavy atom. The summed E-state index contributed by atoms with van der Waals surface area (Å²) in [5.41, 5.74) is 1.05. The molecule has 0 saturated heterocycles. The van der Waals surface area contributed by atoms with Crippen molar-refractivity contribution in [2.75, 3.05) is 26.8 Å². The second-order valence-electron chi connectivity index (χ2n) is 5.09. The monoisotopic (exact) mass is 371 g/mol. The highest BCUT2D eigenvalue weighted by Crippen LogP contribution is 2.18. The summed E-state index contributed by atoms with van der Waals surface area (Å²) in [5.74, 6) is -1.38. The predicted molar refractivity (Wildman–Crippen MR) is 87.7 cm³/mol. The van der Waals surface area contributed by atoms with Gasteiger partial charge < -0.3 is 14.7 Å². The summed E-state index contributed by atoms with van der Waals surface area (Å²) >= 11 is 3.42. The molecule has 0 heterocycles. The van der Waals surface area contributed by atoms with Gasteiger partial charge in [-0.25, -0.2) is 0 Å². The number of carbonyl (C=O) groups excluding carboxylic acids is 1. The fourth-order valence-corrected chi connectivity index (χ4v) is 2.69. The number of hydrogen-bond acceptors (Lipinski definition) is 3. The number of nitrogens with zero attached hydrogens (tertiary/aromatic N) is 1. The van der Waals surface area contributed by atoms with Gasteiger partial charge in [0.05, 0.1) is 6.61 Å². The Morgan fingerprint density at radius 1 is 1.41 bits per heavy atom. The van der Waals surface area contributed by atoms with Crippen LogP contribution in [0.25, 0.3) is 0 Å². The van der Waals surface area contributed by atoms with E-state index in [2.05, 4.69) is 15.9 Å². The van der Waals surface area contributed by atoms with Crippen LogP contribution in [0.15, 0.2) is 28.7 Å². The fourth-order valence-electron chi connectivity index (χ4n) is 2.24. The zero-order valence-electron chi connectivity index (χ0n) is 12.9. The van der Waals surface area contributed by atoms with Gasteiger partial charge in [-0.15, -0.1) is 0 Å². The van der Waals surface area contributed by atoms with Crippen LogP contribution in [0.1, 0.15) is 18.9 Å². The van der Waals surface area contributed by atoms with Gasteiger partial charge in [-0.2, -0.15) is 0 Å². The third-order valence-electron chi connectivity index (χ3n) is 3.42. The summed E-state index contributed by atoms with van der Waals surface area (Å²) in [6.45, 7) is 2.26. The van der Waals surface area contributed by atoms with E-state index in [1.807, 2.05) is 31.2 Å². The first-order valence-corrected chi connectivity index (χ1v) is 8.01. The number of carboxylic acid groups (broad SMARTS) is 1. The van der Waals surface area contributed by atoms with Crippen molar-refractivity contribution in [2.24, 2.45) is 5.92 Å². The van der Waals surface area contributed by atoms with Gasteiger partial charge in [0.15, 0.2) is 0 Å². The number of rotatable bonds is 9. The van der Waals surface area contributed by atoms with E-state index in [4.69, 9.17) is 9.84 Å². The zero-order chi connectivity index (χ0) is 16.5. The smallest absolute Gasteiger partial charge is 0.323 e. The van der Waals surface area contributed by atoms with Crippen LogP contribution in [-0.4, -0.2) is 48.7 Å². The second-order valence-corrected chi connectivity index (χ2v) is 6.00. The average molecular weight is 372 g/mol. The lowest BCUT2D eigenvalue weighted by Crippen LogP contribution is -2.42. The number of carboxylic acids is 1. The normalized spacial score (nSPS) is 12.0. The van der Waals surface area contributed by atoms with Crippen LogP contribution in [0.3, 0.4) is 0 Å². The van der Waals surface area contributed by atoms with Gasteiger partial charge in [0.25, 0.3) is 0 Å². The topological polar surface area (TPSA) is 66.8 Å². The molecule has 1 unspecified atom stereocenters. The molecule has 6 heteroatoms. The lowest BCUT2D eigenvalue weighted by molar-refractivity contribution is -0.146. The molecule has 1 rings (SSSR count). The Balaban J connectivity index is 2.80. The molecule has 0 spiro atoms. The standard InChI is InChI=1S/C16H22BrNO4/c1-3-13(9-12-5-4-6-14(17)10-12)16(21)18(7-8-22-2)11-15(19)20/h4-6,10,13H,3,7-9,11H2,1-2H3,(H,19,20). The van der Waals surface area contributed by atoms with Crippen molar-refractivity contribution < 1.29 is 19.4 Å². The number of amides is 1. The zero-order valence-corrected chi connectivity index (χ0v) is 14.5.